The number of oxime groups is 1. The summed E-state index contributed by atoms with van der Waals surface area (Å²) in [5.74, 6) is -0.917. The highest BCUT2D eigenvalue weighted by atomic mass is 32.2. The number of pyridine rings is 1. The quantitative estimate of drug-likeness (QED) is 0.223. The third-order valence-corrected chi connectivity index (χ3v) is 3.40. The zero-order valence-corrected chi connectivity index (χ0v) is 10.2. The Morgan fingerprint density at radius 2 is 2.33 bits per heavy atom. The first-order chi connectivity index (χ1) is 8.47. The van der Waals surface area contributed by atoms with E-state index >= 15 is 0 Å². The van der Waals surface area contributed by atoms with Gasteiger partial charge in [0.2, 0.25) is 5.03 Å². The second-order valence-electron chi connectivity index (χ2n) is 3.38. The molecule has 0 aliphatic heterocycles. The largest absolute Gasteiger partial charge is 0.409 e. The third kappa shape index (κ3) is 3.93. The van der Waals surface area contributed by atoms with Crippen LogP contribution in [0.15, 0.2) is 28.5 Å². The molecule has 1 aromatic heterocycles. The molecule has 9 heteroatoms. The normalized spacial score (nSPS) is 12.6. The van der Waals surface area contributed by atoms with E-state index in [1.165, 1.54) is 12.3 Å². The summed E-state index contributed by atoms with van der Waals surface area (Å²) in [6.45, 7) is 0.0363. The van der Waals surface area contributed by atoms with Gasteiger partial charge in [0.15, 0.2) is 5.82 Å². The van der Waals surface area contributed by atoms with E-state index in [0.29, 0.717) is 6.42 Å². The number of aromatic nitrogens is 1. The zero-order valence-electron chi connectivity index (χ0n) is 9.38. The molecule has 0 aliphatic carbocycles. The molecule has 0 radical (unpaired) electrons. The number of nitrogens with two attached hydrogens (primary N) is 1. The average molecular weight is 276 g/mol. The van der Waals surface area contributed by atoms with Crippen molar-refractivity contribution >= 4 is 15.9 Å². The van der Waals surface area contributed by atoms with Gasteiger partial charge in [-0.25, -0.2) is 22.5 Å². The monoisotopic (exact) mass is 276 g/mol. The van der Waals surface area contributed by atoms with Crippen LogP contribution in [0.25, 0.3) is 0 Å². The summed E-state index contributed by atoms with van der Waals surface area (Å²) < 4.78 is 38.7. The summed E-state index contributed by atoms with van der Waals surface area (Å²) in [5, 5.41) is 10.4. The van der Waals surface area contributed by atoms with E-state index < -0.39 is 20.9 Å². The molecule has 18 heavy (non-hydrogen) atoms. The molecule has 1 rings (SSSR count). The van der Waals surface area contributed by atoms with Crippen LogP contribution in [0, 0.1) is 5.82 Å². The van der Waals surface area contributed by atoms with Crippen molar-refractivity contribution in [3.63, 3.8) is 0 Å². The van der Waals surface area contributed by atoms with Crippen molar-refractivity contribution in [2.45, 2.75) is 17.9 Å². The van der Waals surface area contributed by atoms with Crippen molar-refractivity contribution in [2.75, 3.05) is 6.54 Å². The molecule has 0 saturated heterocycles. The van der Waals surface area contributed by atoms with Gasteiger partial charge >= 0.3 is 0 Å². The Kier molecular flexibility index (Phi) is 4.98. The van der Waals surface area contributed by atoms with E-state index in [1.54, 1.807) is 0 Å². The molecule has 0 aliphatic rings. The van der Waals surface area contributed by atoms with Crippen LogP contribution in [0.5, 0.6) is 0 Å². The minimum atomic E-state index is -3.97. The van der Waals surface area contributed by atoms with Crippen molar-refractivity contribution < 1.29 is 18.0 Å². The van der Waals surface area contributed by atoms with Crippen molar-refractivity contribution in [2.24, 2.45) is 10.9 Å². The first-order valence-electron chi connectivity index (χ1n) is 5.04. The number of hydrogen-bond donors (Lipinski definition) is 3. The van der Waals surface area contributed by atoms with Gasteiger partial charge in [0.1, 0.15) is 5.84 Å². The van der Waals surface area contributed by atoms with Gasteiger partial charge < -0.3 is 10.9 Å². The summed E-state index contributed by atoms with van der Waals surface area (Å²) in [6.07, 6.45) is 1.74. The van der Waals surface area contributed by atoms with E-state index in [0.717, 1.165) is 6.07 Å². The molecule has 0 aromatic carbocycles. The number of sulfonamides is 1. The lowest BCUT2D eigenvalue weighted by Crippen LogP contribution is -2.27. The highest BCUT2D eigenvalue weighted by Gasteiger charge is 2.19. The van der Waals surface area contributed by atoms with Gasteiger partial charge in [0.25, 0.3) is 10.0 Å². The number of amidine groups is 1. The van der Waals surface area contributed by atoms with E-state index in [9.17, 15) is 12.8 Å². The lowest BCUT2D eigenvalue weighted by molar-refractivity contribution is 0.316. The molecule has 0 atom stereocenters. The topological polar surface area (TPSA) is 118 Å². The molecule has 100 valence electrons. The maximum Gasteiger partial charge on any atom is 0.261 e. The number of halogens is 1. The minimum Gasteiger partial charge on any atom is -0.409 e. The highest BCUT2D eigenvalue weighted by molar-refractivity contribution is 7.89. The molecule has 0 spiro atoms. The minimum absolute atomic E-state index is 0.00165. The van der Waals surface area contributed by atoms with Crippen LogP contribution >= 0.6 is 0 Å². The van der Waals surface area contributed by atoms with E-state index in [-0.39, 0.29) is 18.8 Å². The lowest BCUT2D eigenvalue weighted by Gasteiger charge is -2.06. The molecular weight excluding hydrogens is 263 g/mol. The Balaban J connectivity index is 2.59. The van der Waals surface area contributed by atoms with E-state index in [1.807, 2.05) is 0 Å². The molecular formula is C9H13FN4O3S. The third-order valence-electron chi connectivity index (χ3n) is 2.01. The molecule has 0 amide bonds. The van der Waals surface area contributed by atoms with E-state index in [2.05, 4.69) is 14.9 Å². The Bertz CT molecular complexity index is 532. The van der Waals surface area contributed by atoms with E-state index in [4.69, 9.17) is 10.9 Å². The Morgan fingerprint density at radius 3 is 2.94 bits per heavy atom. The molecule has 1 aromatic rings. The van der Waals surface area contributed by atoms with Gasteiger partial charge in [-0.15, -0.1) is 0 Å². The van der Waals surface area contributed by atoms with Crippen molar-refractivity contribution in [3.05, 3.63) is 24.1 Å². The number of rotatable bonds is 6. The van der Waals surface area contributed by atoms with Gasteiger partial charge in [0, 0.05) is 19.2 Å². The van der Waals surface area contributed by atoms with Crippen LogP contribution in [-0.4, -0.2) is 31.0 Å². The molecule has 0 saturated carbocycles. The number of nitrogens with one attached hydrogen (secondary N) is 1. The summed E-state index contributed by atoms with van der Waals surface area (Å²) in [5.41, 5.74) is 5.21. The first kappa shape index (κ1) is 14.3. The number of nitrogens with zero attached hydrogens (tertiary/aromatic N) is 2. The van der Waals surface area contributed by atoms with Gasteiger partial charge in [0.05, 0.1) is 0 Å². The summed E-state index contributed by atoms with van der Waals surface area (Å²) in [7, 11) is -3.97. The van der Waals surface area contributed by atoms with Gasteiger partial charge in [-0.05, 0) is 18.6 Å². The highest BCUT2D eigenvalue weighted by Crippen LogP contribution is 2.09. The van der Waals surface area contributed by atoms with Crippen molar-refractivity contribution in [3.8, 4) is 0 Å². The molecule has 0 bridgehead atoms. The van der Waals surface area contributed by atoms with Gasteiger partial charge in [-0.3, -0.25) is 0 Å². The second-order valence-corrected chi connectivity index (χ2v) is 5.07. The smallest absolute Gasteiger partial charge is 0.261 e. The fourth-order valence-electron chi connectivity index (χ4n) is 1.16. The molecule has 7 nitrogen and oxygen atoms in total. The standard InChI is InChI=1S/C9H13FN4O3S/c10-7-3-1-5-12-9(7)18(16,17)13-6-2-4-8(11)14-15/h1,3,5,13,15H,2,4,6H2,(H2,11,14). The van der Waals surface area contributed by atoms with Crippen LogP contribution in [0.2, 0.25) is 0 Å². The predicted octanol–water partition coefficient (Wildman–Crippen LogP) is 0.0256. The Labute approximate surface area is 104 Å². The Morgan fingerprint density at radius 1 is 1.61 bits per heavy atom. The maximum absolute atomic E-state index is 13.2. The van der Waals surface area contributed by atoms with Gasteiger partial charge in [-0.2, -0.15) is 0 Å². The summed E-state index contributed by atoms with van der Waals surface area (Å²) in [6, 6.07) is 2.31. The molecule has 0 unspecified atom stereocenters. The fraction of sp³-hybridized carbons (Fsp3) is 0.333. The zero-order chi connectivity index (χ0) is 13.6. The first-order valence-corrected chi connectivity index (χ1v) is 6.52. The summed E-state index contributed by atoms with van der Waals surface area (Å²) >= 11 is 0. The SMILES string of the molecule is N/C(CCCNS(=O)(=O)c1ncccc1F)=N/O. The molecule has 4 N–H and O–H groups in total. The molecule has 0 fully saturated rings. The molecule has 1 heterocycles. The van der Waals surface area contributed by atoms with Crippen LogP contribution < -0.4 is 10.5 Å². The van der Waals surface area contributed by atoms with Crippen LogP contribution in [0.4, 0.5) is 4.39 Å². The summed E-state index contributed by atoms with van der Waals surface area (Å²) in [4.78, 5) is 3.47. The van der Waals surface area contributed by atoms with Gasteiger partial charge in [-0.1, -0.05) is 5.16 Å². The Hall–Kier alpha value is -1.74. The van der Waals surface area contributed by atoms with Crippen LogP contribution in [-0.2, 0) is 10.0 Å². The van der Waals surface area contributed by atoms with Crippen LogP contribution in [0.3, 0.4) is 0 Å². The maximum atomic E-state index is 13.2. The fourth-order valence-corrected chi connectivity index (χ4v) is 2.24. The number of hydrogen-bond acceptors (Lipinski definition) is 5. The lowest BCUT2D eigenvalue weighted by atomic mass is 10.3. The van der Waals surface area contributed by atoms with Crippen LogP contribution in [0.1, 0.15) is 12.8 Å². The van der Waals surface area contributed by atoms with Crippen molar-refractivity contribution in [1.29, 1.82) is 0 Å². The second kappa shape index (κ2) is 6.26. The average Bonchev–Trinajstić information content (AvgIpc) is 2.34. The predicted molar refractivity (Wildman–Crippen MR) is 62.0 cm³/mol. The van der Waals surface area contributed by atoms with Crippen molar-refractivity contribution in [1.82, 2.24) is 9.71 Å².